The zero-order valence-electron chi connectivity index (χ0n) is 9.45. The highest BCUT2D eigenvalue weighted by molar-refractivity contribution is 6.31. The van der Waals surface area contributed by atoms with Crippen molar-refractivity contribution in [2.24, 2.45) is 0 Å². The normalized spacial score (nSPS) is 10.8. The second-order valence-corrected chi connectivity index (χ2v) is 4.10. The first-order chi connectivity index (χ1) is 8.22. The van der Waals surface area contributed by atoms with E-state index in [1.54, 1.807) is 23.0 Å². The molecule has 0 aliphatic heterocycles. The summed E-state index contributed by atoms with van der Waals surface area (Å²) in [7, 11) is 1.87. The van der Waals surface area contributed by atoms with Crippen LogP contribution in [-0.4, -0.2) is 16.8 Å². The van der Waals surface area contributed by atoms with Gasteiger partial charge >= 0.3 is 0 Å². The van der Waals surface area contributed by atoms with Crippen molar-refractivity contribution in [1.82, 2.24) is 15.1 Å². The van der Waals surface area contributed by atoms with Gasteiger partial charge < -0.3 is 5.32 Å². The molecule has 0 radical (unpaired) electrons. The van der Waals surface area contributed by atoms with Crippen molar-refractivity contribution in [2.75, 3.05) is 7.05 Å². The highest BCUT2D eigenvalue weighted by Gasteiger charge is 2.08. The molecule has 2 aromatic rings. The van der Waals surface area contributed by atoms with Crippen molar-refractivity contribution in [3.8, 4) is 0 Å². The molecule has 0 unspecified atom stereocenters. The molecule has 0 aliphatic carbocycles. The number of halogens is 2. The Morgan fingerprint density at radius 3 is 3.00 bits per heavy atom. The lowest BCUT2D eigenvalue weighted by Crippen LogP contribution is -2.13. The third kappa shape index (κ3) is 2.65. The molecule has 1 aromatic heterocycles. The maximum atomic E-state index is 13.3. The zero-order valence-corrected chi connectivity index (χ0v) is 10.2. The molecule has 0 spiro atoms. The fourth-order valence-electron chi connectivity index (χ4n) is 1.67. The largest absolute Gasteiger partial charge is 0.314 e. The van der Waals surface area contributed by atoms with Gasteiger partial charge in [0.05, 0.1) is 17.3 Å². The van der Waals surface area contributed by atoms with E-state index in [0.717, 1.165) is 11.3 Å². The van der Waals surface area contributed by atoms with Crippen LogP contribution in [0, 0.1) is 5.82 Å². The molecule has 2 rings (SSSR count). The van der Waals surface area contributed by atoms with Crippen LogP contribution < -0.4 is 5.32 Å². The second-order valence-electron chi connectivity index (χ2n) is 3.72. The van der Waals surface area contributed by atoms with Crippen molar-refractivity contribution < 1.29 is 4.39 Å². The van der Waals surface area contributed by atoms with Gasteiger partial charge in [0.2, 0.25) is 0 Å². The van der Waals surface area contributed by atoms with E-state index < -0.39 is 5.82 Å². The zero-order chi connectivity index (χ0) is 12.3. The summed E-state index contributed by atoms with van der Waals surface area (Å²) in [6.45, 7) is 1.19. The highest BCUT2D eigenvalue weighted by atomic mass is 35.5. The summed E-state index contributed by atoms with van der Waals surface area (Å²) < 4.78 is 15.1. The molecule has 90 valence electrons. The average Bonchev–Trinajstić information content (AvgIpc) is 2.73. The third-order valence-corrected chi connectivity index (χ3v) is 2.94. The molecule has 17 heavy (non-hydrogen) atoms. The summed E-state index contributed by atoms with van der Waals surface area (Å²) in [6, 6.07) is 6.72. The first-order valence-electron chi connectivity index (χ1n) is 5.30. The molecule has 0 amide bonds. The summed E-state index contributed by atoms with van der Waals surface area (Å²) in [6.07, 6.45) is 1.72. The maximum absolute atomic E-state index is 13.3. The molecule has 0 atom stereocenters. The Balaban J connectivity index is 2.25. The van der Waals surface area contributed by atoms with Gasteiger partial charge in [-0.25, -0.2) is 4.39 Å². The van der Waals surface area contributed by atoms with Crippen LogP contribution in [0.5, 0.6) is 0 Å². The first-order valence-corrected chi connectivity index (χ1v) is 5.68. The molecule has 1 aromatic carbocycles. The summed E-state index contributed by atoms with van der Waals surface area (Å²) in [5.74, 6) is -0.397. The fourth-order valence-corrected chi connectivity index (χ4v) is 1.85. The fraction of sp³-hybridized carbons (Fsp3) is 0.250. The summed E-state index contributed by atoms with van der Waals surface area (Å²) in [5, 5.41) is 7.42. The van der Waals surface area contributed by atoms with Crippen LogP contribution >= 0.6 is 11.6 Å². The quantitative estimate of drug-likeness (QED) is 0.907. The van der Waals surface area contributed by atoms with Gasteiger partial charge in [-0.15, -0.1) is 0 Å². The Morgan fingerprint density at radius 1 is 1.41 bits per heavy atom. The number of nitrogens with zero attached hydrogens (tertiary/aromatic N) is 2. The van der Waals surface area contributed by atoms with E-state index in [9.17, 15) is 4.39 Å². The topological polar surface area (TPSA) is 29.9 Å². The summed E-state index contributed by atoms with van der Waals surface area (Å²) in [4.78, 5) is 0. The van der Waals surface area contributed by atoms with E-state index in [1.165, 1.54) is 6.07 Å². The second kappa shape index (κ2) is 5.29. The number of rotatable bonds is 4. The van der Waals surface area contributed by atoms with Gasteiger partial charge in [-0.1, -0.05) is 23.7 Å². The highest BCUT2D eigenvalue weighted by Crippen LogP contribution is 2.20. The standard InChI is InChI=1S/C12H13ClFN3/c1-15-7-10-5-6-16-17(10)8-9-3-2-4-11(14)12(9)13/h2-6,15H,7-8H2,1H3. The van der Waals surface area contributed by atoms with Crippen LogP contribution in [0.4, 0.5) is 4.39 Å². The third-order valence-electron chi connectivity index (χ3n) is 2.51. The number of nitrogens with one attached hydrogen (secondary N) is 1. The van der Waals surface area contributed by atoms with E-state index in [-0.39, 0.29) is 5.02 Å². The van der Waals surface area contributed by atoms with E-state index in [0.29, 0.717) is 13.1 Å². The Bertz CT molecular complexity index is 510. The van der Waals surface area contributed by atoms with Crippen LogP contribution in [-0.2, 0) is 13.1 Å². The molecule has 3 nitrogen and oxygen atoms in total. The van der Waals surface area contributed by atoms with Gasteiger partial charge in [0.15, 0.2) is 0 Å². The van der Waals surface area contributed by atoms with Crippen molar-refractivity contribution in [2.45, 2.75) is 13.1 Å². The molecule has 0 aliphatic rings. The van der Waals surface area contributed by atoms with Crippen molar-refractivity contribution >= 4 is 11.6 Å². The maximum Gasteiger partial charge on any atom is 0.142 e. The molecular formula is C12H13ClFN3. The van der Waals surface area contributed by atoms with E-state index >= 15 is 0 Å². The Hall–Kier alpha value is -1.39. The molecular weight excluding hydrogens is 241 g/mol. The molecule has 1 heterocycles. The molecule has 0 bridgehead atoms. The van der Waals surface area contributed by atoms with Crippen LogP contribution in [0.3, 0.4) is 0 Å². The van der Waals surface area contributed by atoms with Crippen LogP contribution in [0.2, 0.25) is 5.02 Å². The number of hydrogen-bond donors (Lipinski definition) is 1. The molecule has 0 fully saturated rings. The van der Waals surface area contributed by atoms with Gasteiger partial charge in [0, 0.05) is 12.7 Å². The Morgan fingerprint density at radius 2 is 2.24 bits per heavy atom. The smallest absolute Gasteiger partial charge is 0.142 e. The van der Waals surface area contributed by atoms with Gasteiger partial charge in [0.25, 0.3) is 0 Å². The Labute approximate surface area is 104 Å². The lowest BCUT2D eigenvalue weighted by atomic mass is 10.2. The van der Waals surface area contributed by atoms with Gasteiger partial charge in [-0.3, -0.25) is 4.68 Å². The number of benzene rings is 1. The average molecular weight is 254 g/mol. The van der Waals surface area contributed by atoms with Crippen molar-refractivity contribution in [1.29, 1.82) is 0 Å². The van der Waals surface area contributed by atoms with Gasteiger partial charge in [-0.2, -0.15) is 5.10 Å². The first kappa shape index (κ1) is 12.1. The monoisotopic (exact) mass is 253 g/mol. The van der Waals surface area contributed by atoms with Gasteiger partial charge in [-0.05, 0) is 24.7 Å². The molecule has 5 heteroatoms. The van der Waals surface area contributed by atoms with Crippen molar-refractivity contribution in [3.05, 3.63) is 52.6 Å². The lowest BCUT2D eigenvalue weighted by molar-refractivity contribution is 0.605. The minimum Gasteiger partial charge on any atom is -0.314 e. The van der Waals surface area contributed by atoms with E-state index in [1.807, 2.05) is 13.1 Å². The number of hydrogen-bond acceptors (Lipinski definition) is 2. The predicted octanol–water partition coefficient (Wildman–Crippen LogP) is 2.44. The molecule has 0 saturated carbocycles. The van der Waals surface area contributed by atoms with Crippen molar-refractivity contribution in [3.63, 3.8) is 0 Å². The minimum absolute atomic E-state index is 0.165. The van der Waals surface area contributed by atoms with E-state index in [2.05, 4.69) is 10.4 Å². The Kier molecular flexibility index (Phi) is 3.76. The predicted molar refractivity (Wildman–Crippen MR) is 65.5 cm³/mol. The summed E-state index contributed by atoms with van der Waals surface area (Å²) in [5.41, 5.74) is 1.76. The van der Waals surface area contributed by atoms with Crippen LogP contribution in [0.25, 0.3) is 0 Å². The van der Waals surface area contributed by atoms with Crippen LogP contribution in [0.1, 0.15) is 11.3 Å². The summed E-state index contributed by atoms with van der Waals surface area (Å²) >= 11 is 5.91. The lowest BCUT2D eigenvalue weighted by Gasteiger charge is -2.09. The van der Waals surface area contributed by atoms with E-state index in [4.69, 9.17) is 11.6 Å². The molecule has 1 N–H and O–H groups in total. The van der Waals surface area contributed by atoms with Gasteiger partial charge in [0.1, 0.15) is 5.82 Å². The number of aromatic nitrogens is 2. The minimum atomic E-state index is -0.397. The van der Waals surface area contributed by atoms with Crippen LogP contribution in [0.15, 0.2) is 30.5 Å². The SMILES string of the molecule is CNCc1ccnn1Cc1cccc(F)c1Cl. The molecule has 0 saturated heterocycles.